The van der Waals surface area contributed by atoms with Crippen LogP contribution in [0, 0.1) is 0 Å². The summed E-state index contributed by atoms with van der Waals surface area (Å²) < 4.78 is 4.68. The molecule has 0 radical (unpaired) electrons. The average Bonchev–Trinajstić information content (AvgIpc) is 2.36. The number of carbonyl (C=O) groups is 2. The number of nitrogens with one attached hydrogen (secondary N) is 1. The van der Waals surface area contributed by atoms with Gasteiger partial charge in [-0.05, 0) is 30.2 Å². The van der Waals surface area contributed by atoms with Crippen LogP contribution in [-0.4, -0.2) is 24.2 Å². The maximum atomic E-state index is 11.8. The predicted octanol–water partition coefficient (Wildman–Crippen LogP) is -2.97. The van der Waals surface area contributed by atoms with Gasteiger partial charge in [-0.3, -0.25) is 0 Å². The molecule has 1 aromatic carbocycles. The molecule has 0 aromatic heterocycles. The maximum Gasteiger partial charge on any atom is 1.00 e. The van der Waals surface area contributed by atoms with Gasteiger partial charge in [0, 0.05) is 18.1 Å². The van der Waals surface area contributed by atoms with Crippen LogP contribution in [0.2, 0.25) is 0 Å². The molecule has 0 saturated carbocycles. The van der Waals surface area contributed by atoms with Gasteiger partial charge in [0.15, 0.2) is 6.04 Å². The fourth-order valence-electron chi connectivity index (χ4n) is 1.80. The third-order valence-corrected chi connectivity index (χ3v) is 2.60. The van der Waals surface area contributed by atoms with Crippen LogP contribution in [0.15, 0.2) is 30.5 Å². The average molecular weight is 301 g/mol. The Balaban J connectivity index is 0.00000400. The molecule has 0 heterocycles. The van der Waals surface area contributed by atoms with E-state index < -0.39 is 18.0 Å². The van der Waals surface area contributed by atoms with E-state index in [9.17, 15) is 19.8 Å². The van der Waals surface area contributed by atoms with Gasteiger partial charge in [0.2, 0.25) is 0 Å². The summed E-state index contributed by atoms with van der Waals surface area (Å²) in [6.45, 7) is 5.29. The number of allylic oxidation sites excluding steroid dienone is 1. The summed E-state index contributed by atoms with van der Waals surface area (Å²) in [4.78, 5) is 22.6. The van der Waals surface area contributed by atoms with Crippen LogP contribution < -0.4 is 40.0 Å². The summed E-state index contributed by atoms with van der Waals surface area (Å²) in [6, 6.07) is 3.14. The summed E-state index contributed by atoms with van der Waals surface area (Å²) in [5.74, 6) is -1.98. The van der Waals surface area contributed by atoms with Crippen LogP contribution in [0.3, 0.4) is 0 Å². The molecular weight excluding hydrogens is 285 g/mol. The van der Waals surface area contributed by atoms with Crippen LogP contribution in [0.5, 0.6) is 5.75 Å². The van der Waals surface area contributed by atoms with Gasteiger partial charge >= 0.3 is 35.5 Å². The smallest absolute Gasteiger partial charge is 0.550 e. The van der Waals surface area contributed by atoms with Crippen molar-refractivity contribution in [2.75, 3.05) is 7.11 Å². The molecule has 0 bridgehead atoms. The molecule has 108 valence electrons. The second-order valence-electron chi connectivity index (χ2n) is 4.31. The van der Waals surface area contributed by atoms with Crippen molar-refractivity contribution in [2.24, 2.45) is 0 Å². The van der Waals surface area contributed by atoms with E-state index in [-0.39, 0.29) is 41.7 Å². The van der Waals surface area contributed by atoms with Gasteiger partial charge in [-0.2, -0.15) is 0 Å². The molecule has 7 heteroatoms. The van der Waals surface area contributed by atoms with Crippen LogP contribution in [0.1, 0.15) is 24.1 Å². The van der Waals surface area contributed by atoms with Crippen molar-refractivity contribution < 1.29 is 54.1 Å². The maximum absolute atomic E-state index is 11.8. The molecule has 21 heavy (non-hydrogen) atoms. The minimum Gasteiger partial charge on any atom is -0.550 e. The largest absolute Gasteiger partial charge is 1.00 e. The molecule has 1 atom stereocenters. The number of phenolic OH excluding ortho intramolecular Hbond substituents is 1. The number of hydrogen-bond acceptors (Lipinski definition) is 6. The first-order chi connectivity index (χ1) is 9.35. The Morgan fingerprint density at radius 1 is 1.48 bits per heavy atom. The van der Waals surface area contributed by atoms with Gasteiger partial charge in [0.25, 0.3) is 0 Å². The van der Waals surface area contributed by atoms with E-state index in [1.54, 1.807) is 6.92 Å². The van der Waals surface area contributed by atoms with Crippen molar-refractivity contribution in [3.05, 3.63) is 41.6 Å². The van der Waals surface area contributed by atoms with Crippen molar-refractivity contribution in [2.45, 2.75) is 19.4 Å². The Hall–Kier alpha value is -1.50. The van der Waals surface area contributed by atoms with E-state index >= 15 is 0 Å². The first kappa shape index (κ1) is 19.5. The van der Waals surface area contributed by atoms with Gasteiger partial charge in [0.1, 0.15) is 5.75 Å². The fourth-order valence-corrected chi connectivity index (χ4v) is 1.80. The van der Waals surface area contributed by atoms with Crippen LogP contribution >= 0.6 is 0 Å². The summed E-state index contributed by atoms with van der Waals surface area (Å²) in [5, 5.41) is 23.1. The molecule has 0 spiro atoms. The molecule has 0 aliphatic heterocycles. The molecule has 1 rings (SSSR count). The molecule has 0 fully saturated rings. The number of carboxylic acids is 1. The van der Waals surface area contributed by atoms with Crippen molar-refractivity contribution in [3.63, 3.8) is 0 Å². The van der Waals surface area contributed by atoms with Gasteiger partial charge < -0.3 is 25.1 Å². The number of carboxylic acid groups (broad SMARTS) is 1. The summed E-state index contributed by atoms with van der Waals surface area (Å²) in [7, 11) is 1.22. The van der Waals surface area contributed by atoms with E-state index in [0.717, 1.165) is 0 Å². The van der Waals surface area contributed by atoms with Crippen LogP contribution in [0.25, 0.3) is 0 Å². The minimum atomic E-state index is -1.28. The Bertz CT molecular complexity index is 544. The molecule has 0 aliphatic rings. The van der Waals surface area contributed by atoms with Gasteiger partial charge in [0.05, 0.1) is 7.11 Å². The monoisotopic (exact) mass is 301 g/mol. The predicted molar refractivity (Wildman–Crippen MR) is 69.5 cm³/mol. The number of hydrogen-bond donors (Lipinski definition) is 2. The molecule has 1 unspecified atom stereocenters. The number of phenols is 1. The Morgan fingerprint density at radius 3 is 2.57 bits per heavy atom. The summed E-state index contributed by atoms with van der Waals surface area (Å²) in [5.41, 5.74) is 1.17. The quantitative estimate of drug-likeness (QED) is 0.430. The van der Waals surface area contributed by atoms with E-state index in [0.29, 0.717) is 16.8 Å². The number of rotatable bonds is 6. The number of aliphatic carboxylic acids is 1. The molecule has 0 amide bonds. The van der Waals surface area contributed by atoms with Gasteiger partial charge in [-0.1, -0.05) is 12.6 Å². The van der Waals surface area contributed by atoms with Crippen molar-refractivity contribution in [3.8, 4) is 5.75 Å². The first-order valence-electron chi connectivity index (χ1n) is 5.86. The Labute approximate surface area is 145 Å². The number of ether oxygens (including phenoxy) is 1. The van der Waals surface area contributed by atoms with Crippen LogP contribution in [0.4, 0.5) is 0 Å². The first-order valence-corrected chi connectivity index (χ1v) is 5.86. The van der Waals surface area contributed by atoms with E-state index in [2.05, 4.69) is 16.6 Å². The third-order valence-electron chi connectivity index (χ3n) is 2.60. The molecular formula is C14H16NNaO5. The standard InChI is InChI=1S/C14H17NO5.Na/c1-8(2)15-13(14(19)20-3)11-7-10(16)5-4-9(11)6-12(17)18;/h4-5,7,13,15-16H,1,6H2,2-3H3,(H,17,18);/q;+1/p-1. The minimum absolute atomic E-state index is 0. The van der Waals surface area contributed by atoms with Gasteiger partial charge in [-0.15, -0.1) is 0 Å². The molecule has 1 aromatic rings. The van der Waals surface area contributed by atoms with E-state index in [1.165, 1.54) is 25.3 Å². The van der Waals surface area contributed by atoms with Crippen molar-refractivity contribution in [1.29, 1.82) is 0 Å². The molecule has 2 N–H and O–H groups in total. The Kier molecular flexibility index (Phi) is 8.09. The zero-order valence-corrected chi connectivity index (χ0v) is 14.3. The number of carbonyl (C=O) groups excluding carboxylic acids is 2. The van der Waals surface area contributed by atoms with Gasteiger partial charge in [-0.25, -0.2) is 4.79 Å². The SMILES string of the molecule is C=C(C)NC(C(=O)OC)c1cc(O)ccc1CC(=O)[O-].[Na+]. The number of benzene rings is 1. The summed E-state index contributed by atoms with van der Waals surface area (Å²) in [6.07, 6.45) is -0.374. The summed E-state index contributed by atoms with van der Waals surface area (Å²) >= 11 is 0. The van der Waals surface area contributed by atoms with E-state index in [1.807, 2.05) is 0 Å². The van der Waals surface area contributed by atoms with Crippen molar-refractivity contribution in [1.82, 2.24) is 5.32 Å². The third kappa shape index (κ3) is 5.79. The second-order valence-corrected chi connectivity index (χ2v) is 4.31. The fraction of sp³-hybridized carbons (Fsp3) is 0.286. The zero-order chi connectivity index (χ0) is 15.3. The van der Waals surface area contributed by atoms with Crippen molar-refractivity contribution >= 4 is 11.9 Å². The zero-order valence-electron chi connectivity index (χ0n) is 12.3. The van der Waals surface area contributed by atoms with E-state index in [4.69, 9.17) is 0 Å². The molecule has 0 aliphatic carbocycles. The number of aromatic hydroxyl groups is 1. The van der Waals surface area contributed by atoms with Crippen LogP contribution in [-0.2, 0) is 20.7 Å². The normalized spacial score (nSPS) is 11.0. The molecule has 6 nitrogen and oxygen atoms in total. The topological polar surface area (TPSA) is 98.7 Å². The molecule has 0 saturated heterocycles. The Morgan fingerprint density at radius 2 is 2.10 bits per heavy atom. The second kappa shape index (κ2) is 8.71. The number of methoxy groups -OCH3 is 1. The number of esters is 1.